The van der Waals surface area contributed by atoms with Crippen molar-refractivity contribution >= 4 is 27.3 Å². The summed E-state index contributed by atoms with van der Waals surface area (Å²) in [7, 11) is -4.06. The molecule has 0 fully saturated rings. The molecule has 0 aliphatic heterocycles. The van der Waals surface area contributed by atoms with Crippen molar-refractivity contribution in [3.63, 3.8) is 0 Å². The van der Waals surface area contributed by atoms with E-state index in [0.717, 1.165) is 12.1 Å². The first kappa shape index (κ1) is 13.9. The molecule has 8 heteroatoms. The molecule has 19 heavy (non-hydrogen) atoms. The van der Waals surface area contributed by atoms with Crippen LogP contribution in [0, 0.1) is 5.82 Å². The van der Waals surface area contributed by atoms with Gasteiger partial charge in [-0.3, -0.25) is 0 Å². The van der Waals surface area contributed by atoms with E-state index in [1.165, 1.54) is 6.26 Å². The molecule has 0 aliphatic carbocycles. The van der Waals surface area contributed by atoms with Gasteiger partial charge in [0, 0.05) is 5.69 Å². The smallest absolute Gasteiger partial charge is 0.244 e. The number of hydrogen-bond acceptors (Lipinski definition) is 4. The lowest BCUT2D eigenvalue weighted by Gasteiger charge is -2.08. The third-order valence-corrected chi connectivity index (χ3v) is 4.00. The number of rotatable bonds is 4. The number of hydrogen-bond donors (Lipinski definition) is 2. The highest BCUT2D eigenvalue weighted by molar-refractivity contribution is 7.89. The summed E-state index contributed by atoms with van der Waals surface area (Å²) >= 11 is 5.56. The van der Waals surface area contributed by atoms with E-state index < -0.39 is 20.7 Å². The van der Waals surface area contributed by atoms with Gasteiger partial charge in [0.25, 0.3) is 0 Å². The van der Waals surface area contributed by atoms with E-state index in [0.29, 0.717) is 5.76 Å². The molecule has 5 nitrogen and oxygen atoms in total. The average Bonchev–Trinajstić information content (AvgIpc) is 2.84. The number of sulfonamides is 1. The van der Waals surface area contributed by atoms with Crippen LogP contribution < -0.4 is 10.5 Å². The predicted octanol–water partition coefficient (Wildman–Crippen LogP) is 2.13. The molecule has 2 rings (SSSR count). The molecule has 0 saturated carbocycles. The number of anilines is 1. The molecule has 0 aliphatic rings. The first-order chi connectivity index (χ1) is 8.90. The molecule has 3 N–H and O–H groups in total. The van der Waals surface area contributed by atoms with E-state index in [-0.39, 0.29) is 17.3 Å². The number of halogens is 2. The highest BCUT2D eigenvalue weighted by atomic mass is 35.5. The van der Waals surface area contributed by atoms with Crippen molar-refractivity contribution in [3.8, 4) is 0 Å². The zero-order chi connectivity index (χ0) is 14.0. The van der Waals surface area contributed by atoms with Crippen LogP contribution in [0.25, 0.3) is 0 Å². The minimum atomic E-state index is -4.06. The summed E-state index contributed by atoms with van der Waals surface area (Å²) in [6.07, 6.45) is 1.40. The topological polar surface area (TPSA) is 85.3 Å². The first-order valence-electron chi connectivity index (χ1n) is 5.17. The van der Waals surface area contributed by atoms with Crippen LogP contribution in [0.2, 0.25) is 5.02 Å². The zero-order valence-corrected chi connectivity index (χ0v) is 11.1. The Morgan fingerprint density at radius 2 is 2.16 bits per heavy atom. The molecular weight excluding hydrogens is 295 g/mol. The monoisotopic (exact) mass is 304 g/mol. The van der Waals surface area contributed by atoms with Crippen molar-refractivity contribution in [3.05, 3.63) is 47.1 Å². The third-order valence-electron chi connectivity index (χ3n) is 2.32. The Morgan fingerprint density at radius 3 is 2.79 bits per heavy atom. The molecule has 102 valence electrons. The van der Waals surface area contributed by atoms with Crippen molar-refractivity contribution in [2.45, 2.75) is 11.4 Å². The molecule has 0 radical (unpaired) electrons. The molecular formula is C11H10ClFN2O3S. The van der Waals surface area contributed by atoms with Crippen LogP contribution in [-0.2, 0) is 16.6 Å². The van der Waals surface area contributed by atoms with Gasteiger partial charge in [-0.1, -0.05) is 11.6 Å². The Hall–Kier alpha value is -1.57. The van der Waals surface area contributed by atoms with E-state index >= 15 is 0 Å². The summed E-state index contributed by atoms with van der Waals surface area (Å²) in [6, 6.07) is 5.35. The van der Waals surface area contributed by atoms with Gasteiger partial charge in [-0.15, -0.1) is 0 Å². The number of benzene rings is 1. The number of nitrogens with two attached hydrogens (primary N) is 1. The molecule has 0 unspecified atom stereocenters. The summed E-state index contributed by atoms with van der Waals surface area (Å²) in [5.74, 6) is -0.637. The number of furan rings is 1. The van der Waals surface area contributed by atoms with Crippen molar-refractivity contribution < 1.29 is 17.2 Å². The molecule has 1 aromatic heterocycles. The van der Waals surface area contributed by atoms with Crippen molar-refractivity contribution in [2.24, 2.45) is 0 Å². The van der Waals surface area contributed by atoms with Crippen LogP contribution in [0.5, 0.6) is 0 Å². The second kappa shape index (κ2) is 5.20. The lowest BCUT2D eigenvalue weighted by molar-refractivity contribution is 0.497. The maximum Gasteiger partial charge on any atom is 0.244 e. The van der Waals surface area contributed by atoms with Gasteiger partial charge in [-0.2, -0.15) is 0 Å². The van der Waals surface area contributed by atoms with Crippen LogP contribution >= 0.6 is 11.6 Å². The van der Waals surface area contributed by atoms with Crippen LogP contribution in [0.1, 0.15) is 5.76 Å². The fraction of sp³-hybridized carbons (Fsp3) is 0.0909. The van der Waals surface area contributed by atoms with E-state index in [2.05, 4.69) is 4.72 Å². The Kier molecular flexibility index (Phi) is 3.79. The molecule has 0 spiro atoms. The highest BCUT2D eigenvalue weighted by Gasteiger charge is 2.22. The fourth-order valence-corrected chi connectivity index (χ4v) is 2.85. The van der Waals surface area contributed by atoms with E-state index in [1.807, 2.05) is 0 Å². The average molecular weight is 305 g/mol. The van der Waals surface area contributed by atoms with Gasteiger partial charge in [-0.25, -0.2) is 17.5 Å². The summed E-state index contributed by atoms with van der Waals surface area (Å²) in [5.41, 5.74) is 5.51. The van der Waals surface area contributed by atoms with E-state index in [1.54, 1.807) is 12.1 Å². The van der Waals surface area contributed by atoms with Crippen molar-refractivity contribution in [2.75, 3.05) is 5.73 Å². The lowest BCUT2D eigenvalue weighted by Crippen LogP contribution is -2.24. The highest BCUT2D eigenvalue weighted by Crippen LogP contribution is 2.25. The van der Waals surface area contributed by atoms with Gasteiger partial charge in [-0.05, 0) is 24.3 Å². The van der Waals surface area contributed by atoms with Gasteiger partial charge in [0.15, 0.2) is 5.82 Å². The van der Waals surface area contributed by atoms with E-state index in [9.17, 15) is 12.8 Å². The molecule has 0 amide bonds. The van der Waals surface area contributed by atoms with Crippen LogP contribution in [0.15, 0.2) is 39.8 Å². The summed E-state index contributed by atoms with van der Waals surface area (Å²) in [5, 5.41) is -0.349. The molecule has 0 saturated heterocycles. The minimum Gasteiger partial charge on any atom is -0.468 e. The quantitative estimate of drug-likeness (QED) is 0.847. The first-order valence-corrected chi connectivity index (χ1v) is 7.03. The Morgan fingerprint density at radius 1 is 1.42 bits per heavy atom. The summed E-state index contributed by atoms with van der Waals surface area (Å²) in [4.78, 5) is -0.593. The molecule has 0 bridgehead atoms. The number of nitrogens with one attached hydrogen (secondary N) is 1. The normalized spacial score (nSPS) is 11.7. The molecule has 1 heterocycles. The minimum absolute atomic E-state index is 0.0600. The third kappa shape index (κ3) is 3.06. The van der Waals surface area contributed by atoms with Crippen molar-refractivity contribution in [1.29, 1.82) is 0 Å². The standard InChI is InChI=1S/C11H10ClFN2O3S/c12-9-4-7(14)5-10(11(9)13)19(16,17)15-6-8-2-1-3-18-8/h1-5,15H,6,14H2. The second-order valence-electron chi connectivity index (χ2n) is 3.72. The van der Waals surface area contributed by atoms with Crippen LogP contribution in [0.4, 0.5) is 10.1 Å². The van der Waals surface area contributed by atoms with Gasteiger partial charge in [0.2, 0.25) is 10.0 Å². The predicted molar refractivity (Wildman–Crippen MR) is 68.6 cm³/mol. The van der Waals surface area contributed by atoms with Gasteiger partial charge >= 0.3 is 0 Å². The molecule has 2 aromatic rings. The van der Waals surface area contributed by atoms with Gasteiger partial charge in [0.05, 0.1) is 17.8 Å². The Balaban J connectivity index is 2.29. The van der Waals surface area contributed by atoms with Crippen LogP contribution in [0.3, 0.4) is 0 Å². The summed E-state index contributed by atoms with van der Waals surface area (Å²) in [6.45, 7) is -0.0960. The van der Waals surface area contributed by atoms with E-state index in [4.69, 9.17) is 21.8 Å². The fourth-order valence-electron chi connectivity index (χ4n) is 1.44. The van der Waals surface area contributed by atoms with Crippen LogP contribution in [-0.4, -0.2) is 8.42 Å². The van der Waals surface area contributed by atoms with Crippen molar-refractivity contribution in [1.82, 2.24) is 4.72 Å². The Labute approximate surface area is 114 Å². The molecule has 1 aromatic carbocycles. The number of nitrogen functional groups attached to an aromatic ring is 1. The van der Waals surface area contributed by atoms with Gasteiger partial charge in [0.1, 0.15) is 10.7 Å². The summed E-state index contributed by atoms with van der Waals surface area (Å²) < 4.78 is 44.8. The maximum atomic E-state index is 13.7. The second-order valence-corrected chi connectivity index (χ2v) is 5.86. The lowest BCUT2D eigenvalue weighted by atomic mass is 10.3. The zero-order valence-electron chi connectivity index (χ0n) is 9.56. The largest absolute Gasteiger partial charge is 0.468 e. The maximum absolute atomic E-state index is 13.7. The van der Waals surface area contributed by atoms with Gasteiger partial charge < -0.3 is 10.2 Å². The SMILES string of the molecule is Nc1cc(Cl)c(F)c(S(=O)(=O)NCc2ccco2)c1. The Bertz CT molecular complexity index is 686. The molecule has 0 atom stereocenters.